The molecule has 0 aliphatic rings. The SMILES string of the molecule is COc1ccc(NC(=O)CSc2cccc(NC(=O)COc3ccccc3)c2)cc1. The Balaban J connectivity index is 1.46. The topological polar surface area (TPSA) is 76.7 Å². The van der Waals surface area contributed by atoms with Crippen LogP contribution in [0.5, 0.6) is 11.5 Å². The Morgan fingerprint density at radius 3 is 2.27 bits per heavy atom. The smallest absolute Gasteiger partial charge is 0.262 e. The molecule has 2 N–H and O–H groups in total. The third-order valence-corrected chi connectivity index (χ3v) is 4.97. The van der Waals surface area contributed by atoms with Crippen LogP contribution >= 0.6 is 11.8 Å². The van der Waals surface area contributed by atoms with Crippen LogP contribution in [-0.4, -0.2) is 31.3 Å². The van der Waals surface area contributed by atoms with Gasteiger partial charge in [-0.15, -0.1) is 11.8 Å². The van der Waals surface area contributed by atoms with Crippen LogP contribution in [0.3, 0.4) is 0 Å². The maximum Gasteiger partial charge on any atom is 0.262 e. The van der Waals surface area contributed by atoms with Gasteiger partial charge in [0.05, 0.1) is 12.9 Å². The molecule has 0 aliphatic heterocycles. The third kappa shape index (κ3) is 6.86. The summed E-state index contributed by atoms with van der Waals surface area (Å²) in [5.41, 5.74) is 1.36. The largest absolute Gasteiger partial charge is 0.497 e. The maximum atomic E-state index is 12.2. The van der Waals surface area contributed by atoms with Crippen molar-refractivity contribution >= 4 is 35.0 Å². The van der Waals surface area contributed by atoms with E-state index < -0.39 is 0 Å². The molecule has 7 heteroatoms. The fraction of sp³-hybridized carbons (Fsp3) is 0.130. The summed E-state index contributed by atoms with van der Waals surface area (Å²) in [4.78, 5) is 25.1. The number of carbonyl (C=O) groups is 2. The van der Waals surface area contributed by atoms with Crippen molar-refractivity contribution in [2.24, 2.45) is 0 Å². The lowest BCUT2D eigenvalue weighted by Gasteiger charge is -2.09. The van der Waals surface area contributed by atoms with Gasteiger partial charge in [0.1, 0.15) is 11.5 Å². The molecular weight excluding hydrogens is 400 g/mol. The van der Waals surface area contributed by atoms with Crippen molar-refractivity contribution in [3.8, 4) is 11.5 Å². The molecule has 0 saturated carbocycles. The summed E-state index contributed by atoms with van der Waals surface area (Å²) in [6.45, 7) is -0.0777. The number of anilines is 2. The first-order valence-electron chi connectivity index (χ1n) is 9.27. The van der Waals surface area contributed by atoms with Crippen LogP contribution in [0, 0.1) is 0 Å². The average molecular weight is 423 g/mol. The number of methoxy groups -OCH3 is 1. The fourth-order valence-electron chi connectivity index (χ4n) is 2.55. The summed E-state index contributed by atoms with van der Waals surface area (Å²) in [6, 6.07) is 23.7. The first-order chi connectivity index (χ1) is 14.6. The van der Waals surface area contributed by atoms with E-state index in [-0.39, 0.29) is 24.2 Å². The maximum absolute atomic E-state index is 12.2. The van der Waals surface area contributed by atoms with Crippen molar-refractivity contribution < 1.29 is 19.1 Å². The zero-order valence-corrected chi connectivity index (χ0v) is 17.3. The van der Waals surface area contributed by atoms with Crippen LogP contribution in [0.4, 0.5) is 11.4 Å². The fourth-order valence-corrected chi connectivity index (χ4v) is 3.30. The summed E-state index contributed by atoms with van der Waals surface area (Å²) in [5.74, 6) is 1.25. The highest BCUT2D eigenvalue weighted by molar-refractivity contribution is 8.00. The minimum absolute atomic E-state index is 0.0777. The molecule has 6 nitrogen and oxygen atoms in total. The van der Waals surface area contributed by atoms with E-state index in [1.54, 1.807) is 49.6 Å². The number of amides is 2. The molecule has 0 saturated heterocycles. The number of rotatable bonds is 9. The van der Waals surface area contributed by atoms with E-state index in [1.807, 2.05) is 36.4 Å². The normalized spacial score (nSPS) is 10.2. The molecule has 3 aromatic carbocycles. The standard InChI is InChI=1S/C23H22N2O4S/c1-28-19-12-10-17(11-13-19)24-23(27)16-30-21-9-5-6-18(14-21)25-22(26)15-29-20-7-3-2-4-8-20/h2-14H,15-16H2,1H3,(H,24,27)(H,25,26). The van der Waals surface area contributed by atoms with E-state index in [0.717, 1.165) is 10.6 Å². The molecule has 0 unspecified atom stereocenters. The molecule has 3 rings (SSSR count). The van der Waals surface area contributed by atoms with E-state index in [0.29, 0.717) is 17.1 Å². The van der Waals surface area contributed by atoms with Crippen LogP contribution < -0.4 is 20.1 Å². The van der Waals surface area contributed by atoms with Gasteiger partial charge < -0.3 is 20.1 Å². The molecule has 2 amide bonds. The van der Waals surface area contributed by atoms with Crippen LogP contribution in [0.1, 0.15) is 0 Å². The van der Waals surface area contributed by atoms with E-state index >= 15 is 0 Å². The summed E-state index contributed by atoms with van der Waals surface area (Å²) in [7, 11) is 1.59. The first-order valence-corrected chi connectivity index (χ1v) is 10.3. The van der Waals surface area contributed by atoms with Gasteiger partial charge in [-0.05, 0) is 54.6 Å². The average Bonchev–Trinajstić information content (AvgIpc) is 2.78. The zero-order chi connectivity index (χ0) is 21.2. The lowest BCUT2D eigenvalue weighted by atomic mass is 10.3. The number of thioether (sulfide) groups is 1. The quantitative estimate of drug-likeness (QED) is 0.499. The molecule has 0 fully saturated rings. The molecule has 0 heterocycles. The van der Waals surface area contributed by atoms with Crippen LogP contribution in [-0.2, 0) is 9.59 Å². The van der Waals surface area contributed by atoms with Gasteiger partial charge in [-0.1, -0.05) is 24.3 Å². The second-order valence-electron chi connectivity index (χ2n) is 6.24. The lowest BCUT2D eigenvalue weighted by Crippen LogP contribution is -2.20. The molecular formula is C23H22N2O4S. The predicted molar refractivity (Wildman–Crippen MR) is 119 cm³/mol. The van der Waals surface area contributed by atoms with E-state index in [1.165, 1.54) is 11.8 Å². The monoisotopic (exact) mass is 422 g/mol. The predicted octanol–water partition coefficient (Wildman–Crippen LogP) is 4.44. The molecule has 0 bridgehead atoms. The number of hydrogen-bond donors (Lipinski definition) is 2. The molecule has 0 spiro atoms. The highest BCUT2D eigenvalue weighted by Crippen LogP contribution is 2.22. The summed E-state index contributed by atoms with van der Waals surface area (Å²) >= 11 is 1.39. The summed E-state index contributed by atoms with van der Waals surface area (Å²) in [6.07, 6.45) is 0. The van der Waals surface area contributed by atoms with Crippen molar-refractivity contribution in [1.82, 2.24) is 0 Å². The van der Waals surface area contributed by atoms with Gasteiger partial charge in [0.25, 0.3) is 5.91 Å². The van der Waals surface area contributed by atoms with Crippen LogP contribution in [0.15, 0.2) is 83.8 Å². The molecule has 0 aromatic heterocycles. The highest BCUT2D eigenvalue weighted by atomic mass is 32.2. The van der Waals surface area contributed by atoms with Gasteiger partial charge in [-0.3, -0.25) is 9.59 Å². The number of hydrogen-bond acceptors (Lipinski definition) is 5. The second-order valence-corrected chi connectivity index (χ2v) is 7.29. The molecule has 154 valence electrons. The number of carbonyl (C=O) groups excluding carboxylic acids is 2. The van der Waals surface area contributed by atoms with Gasteiger partial charge in [0.15, 0.2) is 6.61 Å². The number of ether oxygens (including phenoxy) is 2. The van der Waals surface area contributed by atoms with E-state index in [9.17, 15) is 9.59 Å². The molecule has 30 heavy (non-hydrogen) atoms. The lowest BCUT2D eigenvalue weighted by molar-refractivity contribution is -0.118. The Hall–Kier alpha value is -3.45. The second kappa shape index (κ2) is 10.9. The van der Waals surface area contributed by atoms with Gasteiger partial charge in [-0.25, -0.2) is 0 Å². The number of para-hydroxylation sites is 1. The van der Waals surface area contributed by atoms with Crippen molar-refractivity contribution in [2.45, 2.75) is 4.90 Å². The van der Waals surface area contributed by atoms with Gasteiger partial charge in [-0.2, -0.15) is 0 Å². The first kappa shape index (κ1) is 21.3. The van der Waals surface area contributed by atoms with Crippen molar-refractivity contribution in [3.05, 3.63) is 78.9 Å². The van der Waals surface area contributed by atoms with Gasteiger partial charge in [0.2, 0.25) is 5.91 Å². The van der Waals surface area contributed by atoms with Crippen LogP contribution in [0.2, 0.25) is 0 Å². The summed E-state index contributed by atoms with van der Waals surface area (Å²) < 4.78 is 10.5. The van der Waals surface area contributed by atoms with Crippen molar-refractivity contribution in [2.75, 3.05) is 30.1 Å². The Morgan fingerprint density at radius 1 is 0.800 bits per heavy atom. The summed E-state index contributed by atoms with van der Waals surface area (Å²) in [5, 5.41) is 5.64. The Bertz CT molecular complexity index is 978. The van der Waals surface area contributed by atoms with E-state index in [4.69, 9.17) is 9.47 Å². The van der Waals surface area contributed by atoms with E-state index in [2.05, 4.69) is 10.6 Å². The number of benzene rings is 3. The Morgan fingerprint density at radius 2 is 1.53 bits per heavy atom. The van der Waals surface area contributed by atoms with Crippen molar-refractivity contribution in [1.29, 1.82) is 0 Å². The Kier molecular flexibility index (Phi) is 7.74. The molecule has 3 aromatic rings. The Labute approximate surface area is 179 Å². The molecule has 0 radical (unpaired) electrons. The highest BCUT2D eigenvalue weighted by Gasteiger charge is 2.07. The third-order valence-electron chi connectivity index (χ3n) is 3.97. The number of nitrogens with one attached hydrogen (secondary N) is 2. The molecule has 0 atom stereocenters. The minimum atomic E-state index is -0.252. The van der Waals surface area contributed by atoms with Gasteiger partial charge >= 0.3 is 0 Å². The zero-order valence-electron chi connectivity index (χ0n) is 16.5. The van der Waals surface area contributed by atoms with Crippen LogP contribution in [0.25, 0.3) is 0 Å². The molecule has 0 aliphatic carbocycles. The minimum Gasteiger partial charge on any atom is -0.497 e. The van der Waals surface area contributed by atoms with Gasteiger partial charge in [0, 0.05) is 16.3 Å². The van der Waals surface area contributed by atoms with Crippen molar-refractivity contribution in [3.63, 3.8) is 0 Å².